The number of nitrogens with zero attached hydrogens (tertiary/aromatic N) is 3. The van der Waals surface area contributed by atoms with Gasteiger partial charge in [-0.15, -0.1) is 0 Å². The van der Waals surface area contributed by atoms with E-state index in [4.69, 9.17) is 28.4 Å². The predicted molar refractivity (Wildman–Crippen MR) is 80.8 cm³/mol. The lowest BCUT2D eigenvalue weighted by atomic mass is 10.1. The average Bonchev–Trinajstić information content (AvgIpc) is 3.00. The minimum atomic E-state index is -1.25. The summed E-state index contributed by atoms with van der Waals surface area (Å²) in [6.07, 6.45) is -1.52. The number of thiocarbonyl (C=S) groups is 1. The molecule has 0 aromatic carbocycles. The quantitative estimate of drug-likeness (QED) is 0.414. The van der Waals surface area contributed by atoms with Crippen molar-refractivity contribution < 1.29 is 20.1 Å². The molecule has 0 saturated carbocycles. The number of anilines is 1. The topological polar surface area (TPSA) is 153 Å². The van der Waals surface area contributed by atoms with Crippen LogP contribution in [0.5, 0.6) is 0 Å². The summed E-state index contributed by atoms with van der Waals surface area (Å²) < 4.78 is 6.97. The van der Waals surface area contributed by atoms with Crippen LogP contribution in [-0.4, -0.2) is 59.8 Å². The van der Waals surface area contributed by atoms with Gasteiger partial charge in [-0.25, -0.2) is 9.97 Å². The first-order valence-electron chi connectivity index (χ1n) is 6.49. The Bertz CT molecular complexity index is 736. The third-order valence-electron chi connectivity index (χ3n) is 3.70. The lowest BCUT2D eigenvalue weighted by molar-refractivity contribution is -0.0508. The molecule has 1 fully saturated rings. The van der Waals surface area contributed by atoms with E-state index >= 15 is 0 Å². The van der Waals surface area contributed by atoms with Crippen molar-refractivity contribution in [2.24, 2.45) is 5.73 Å². The Morgan fingerprint density at radius 2 is 2.09 bits per heavy atom. The monoisotopic (exact) mass is 325 g/mol. The standard InChI is InChI=1S/C12H15N5O4S/c13-9-6-4(10(14)22)1-17(11(6)16-3-15-9)12-8(20)7(19)5(2-18)21-12/h1,3,5,7-8,12,18-20H,2H2,(H2,14,22)(H2,13,15,16)/t5?,7?,8-,12+/m0/s1. The normalized spacial score (nSPS) is 28.3. The van der Waals surface area contributed by atoms with Crippen molar-refractivity contribution in [1.82, 2.24) is 14.5 Å². The van der Waals surface area contributed by atoms with Gasteiger partial charge in [-0.2, -0.15) is 0 Å². The summed E-state index contributed by atoms with van der Waals surface area (Å²) in [5, 5.41) is 29.6. The van der Waals surface area contributed by atoms with E-state index in [-0.39, 0.29) is 10.8 Å². The van der Waals surface area contributed by atoms with Gasteiger partial charge in [0.05, 0.1) is 12.0 Å². The molecule has 0 bridgehead atoms. The first kappa shape index (κ1) is 15.1. The van der Waals surface area contributed by atoms with E-state index in [0.29, 0.717) is 16.6 Å². The molecule has 0 spiro atoms. The fraction of sp³-hybridized carbons (Fsp3) is 0.417. The van der Waals surface area contributed by atoms with Crippen LogP contribution in [0.3, 0.4) is 0 Å². The highest BCUT2D eigenvalue weighted by molar-refractivity contribution is 7.80. The van der Waals surface area contributed by atoms with Crippen LogP contribution in [0.15, 0.2) is 12.5 Å². The second kappa shape index (κ2) is 5.41. The SMILES string of the molecule is NC(=S)c1cn([C@@H]2OC(CO)C(O)[C@@H]2O)c2ncnc(N)c12. The fourth-order valence-corrected chi connectivity index (χ4v) is 2.75. The van der Waals surface area contributed by atoms with Crippen molar-refractivity contribution in [2.75, 3.05) is 12.3 Å². The minimum Gasteiger partial charge on any atom is -0.394 e. The molecule has 2 unspecified atom stereocenters. The van der Waals surface area contributed by atoms with Crippen molar-refractivity contribution in [2.45, 2.75) is 24.5 Å². The number of nitrogen functional groups attached to an aromatic ring is 1. The van der Waals surface area contributed by atoms with Crippen molar-refractivity contribution in [3.8, 4) is 0 Å². The first-order valence-corrected chi connectivity index (χ1v) is 6.89. The van der Waals surface area contributed by atoms with Crippen molar-refractivity contribution in [3.63, 3.8) is 0 Å². The van der Waals surface area contributed by atoms with E-state index in [1.165, 1.54) is 10.9 Å². The maximum absolute atomic E-state index is 10.1. The Morgan fingerprint density at radius 1 is 1.36 bits per heavy atom. The van der Waals surface area contributed by atoms with E-state index in [1.54, 1.807) is 6.20 Å². The summed E-state index contributed by atoms with van der Waals surface area (Å²) in [5.41, 5.74) is 12.4. The number of nitrogens with two attached hydrogens (primary N) is 2. The van der Waals surface area contributed by atoms with Crippen LogP contribution >= 0.6 is 12.2 Å². The number of aliphatic hydroxyl groups is 3. The molecule has 1 aliphatic heterocycles. The van der Waals surface area contributed by atoms with Crippen LogP contribution in [0.2, 0.25) is 0 Å². The lowest BCUT2D eigenvalue weighted by Gasteiger charge is -2.17. The van der Waals surface area contributed by atoms with Crippen molar-refractivity contribution in [3.05, 3.63) is 18.1 Å². The number of aromatic nitrogens is 3. The van der Waals surface area contributed by atoms with Crippen LogP contribution in [0.25, 0.3) is 11.0 Å². The summed E-state index contributed by atoms with van der Waals surface area (Å²) in [7, 11) is 0. The maximum Gasteiger partial charge on any atom is 0.164 e. The zero-order valence-corrected chi connectivity index (χ0v) is 12.1. The molecule has 3 rings (SSSR count). The van der Waals surface area contributed by atoms with Crippen molar-refractivity contribution in [1.29, 1.82) is 0 Å². The van der Waals surface area contributed by atoms with Gasteiger partial charge < -0.3 is 36.1 Å². The molecule has 22 heavy (non-hydrogen) atoms. The van der Waals surface area contributed by atoms with E-state index in [9.17, 15) is 15.3 Å². The molecule has 4 atom stereocenters. The number of hydrogen-bond acceptors (Lipinski definition) is 8. The smallest absolute Gasteiger partial charge is 0.164 e. The van der Waals surface area contributed by atoms with Crippen LogP contribution in [0.4, 0.5) is 5.82 Å². The van der Waals surface area contributed by atoms with Crippen molar-refractivity contribution >= 4 is 34.1 Å². The highest BCUT2D eigenvalue weighted by Gasteiger charge is 2.44. The Morgan fingerprint density at radius 3 is 2.68 bits per heavy atom. The van der Waals surface area contributed by atoms with Crippen LogP contribution in [-0.2, 0) is 4.74 Å². The summed E-state index contributed by atoms with van der Waals surface area (Å²) in [6.45, 7) is -0.423. The molecule has 2 aromatic heterocycles. The Kier molecular flexibility index (Phi) is 3.70. The van der Waals surface area contributed by atoms with E-state index < -0.39 is 31.1 Å². The van der Waals surface area contributed by atoms with Gasteiger partial charge in [-0.3, -0.25) is 0 Å². The van der Waals surface area contributed by atoms with Gasteiger partial charge in [0.1, 0.15) is 41.1 Å². The van der Waals surface area contributed by atoms with E-state index in [0.717, 1.165) is 0 Å². The molecule has 9 nitrogen and oxygen atoms in total. The highest BCUT2D eigenvalue weighted by Crippen LogP contribution is 2.34. The summed E-state index contributed by atoms with van der Waals surface area (Å²) in [4.78, 5) is 8.12. The minimum absolute atomic E-state index is 0.0944. The molecule has 0 radical (unpaired) electrons. The lowest BCUT2D eigenvalue weighted by Crippen LogP contribution is -2.33. The van der Waals surface area contributed by atoms with E-state index in [2.05, 4.69) is 9.97 Å². The molecular formula is C12H15N5O4S. The Balaban J connectivity index is 2.16. The molecule has 7 N–H and O–H groups in total. The average molecular weight is 325 g/mol. The zero-order chi connectivity index (χ0) is 16.0. The van der Waals surface area contributed by atoms with Crippen LogP contribution in [0, 0.1) is 0 Å². The largest absolute Gasteiger partial charge is 0.394 e. The summed E-state index contributed by atoms with van der Waals surface area (Å²) in [6, 6.07) is 0. The van der Waals surface area contributed by atoms with Gasteiger partial charge in [0.25, 0.3) is 0 Å². The first-order chi connectivity index (χ1) is 10.5. The molecule has 10 heteroatoms. The van der Waals surface area contributed by atoms with Gasteiger partial charge in [-0.05, 0) is 0 Å². The molecule has 0 amide bonds. The van der Waals surface area contributed by atoms with Crippen LogP contribution in [0.1, 0.15) is 11.8 Å². The predicted octanol–water partition coefficient (Wildman–Crippen LogP) is -1.74. The van der Waals surface area contributed by atoms with Gasteiger partial charge >= 0.3 is 0 Å². The third-order valence-corrected chi connectivity index (χ3v) is 3.92. The van der Waals surface area contributed by atoms with Gasteiger partial charge in [0.15, 0.2) is 6.23 Å². The summed E-state index contributed by atoms with van der Waals surface area (Å²) in [5.74, 6) is 0.193. The number of fused-ring (bicyclic) bond motifs is 1. The fourth-order valence-electron chi connectivity index (χ4n) is 2.60. The maximum atomic E-state index is 10.1. The molecule has 118 valence electrons. The van der Waals surface area contributed by atoms with Gasteiger partial charge in [0.2, 0.25) is 0 Å². The Hall–Kier alpha value is -1.85. The second-order valence-corrected chi connectivity index (χ2v) is 5.44. The van der Waals surface area contributed by atoms with Gasteiger partial charge in [-0.1, -0.05) is 12.2 Å². The zero-order valence-electron chi connectivity index (χ0n) is 11.3. The number of ether oxygens (including phenoxy) is 1. The molecule has 0 aliphatic carbocycles. The third kappa shape index (κ3) is 2.12. The molecule has 1 saturated heterocycles. The molecular weight excluding hydrogens is 310 g/mol. The molecule has 2 aromatic rings. The molecule has 1 aliphatic rings. The molecule has 3 heterocycles. The number of aliphatic hydroxyl groups excluding tert-OH is 3. The number of hydrogen-bond donors (Lipinski definition) is 5. The summed E-state index contributed by atoms with van der Waals surface area (Å²) >= 11 is 5.00. The Labute approximate surface area is 130 Å². The number of rotatable bonds is 3. The highest BCUT2D eigenvalue weighted by atomic mass is 32.1. The van der Waals surface area contributed by atoms with Crippen LogP contribution < -0.4 is 11.5 Å². The van der Waals surface area contributed by atoms with Gasteiger partial charge in [0, 0.05) is 11.8 Å². The second-order valence-electron chi connectivity index (χ2n) is 5.00. The van der Waals surface area contributed by atoms with E-state index in [1.807, 2.05) is 0 Å².